The Morgan fingerprint density at radius 1 is 1.47 bits per heavy atom. The molecule has 100 valence electrons. The molecule has 2 rings (SSSR count). The van der Waals surface area contributed by atoms with Crippen molar-refractivity contribution in [2.24, 2.45) is 0 Å². The van der Waals surface area contributed by atoms with Crippen LogP contribution in [0, 0.1) is 6.92 Å². The second kappa shape index (κ2) is 6.68. The highest BCUT2D eigenvalue weighted by atomic mass is 32.2. The molecule has 1 N–H and O–H groups in total. The molecule has 2 heterocycles. The number of aryl methyl sites for hydroxylation is 2. The van der Waals surface area contributed by atoms with Crippen LogP contribution in [0.4, 0.5) is 0 Å². The Balaban J connectivity index is 1.88. The number of carbonyl (C=O) groups is 1. The molecule has 19 heavy (non-hydrogen) atoms. The Hall–Kier alpha value is -1.40. The van der Waals surface area contributed by atoms with Crippen LogP contribution in [0.5, 0.6) is 0 Å². The van der Waals surface area contributed by atoms with E-state index < -0.39 is 5.97 Å². The van der Waals surface area contributed by atoms with Gasteiger partial charge >= 0.3 is 5.97 Å². The average Bonchev–Trinajstić information content (AvgIpc) is 2.70. The van der Waals surface area contributed by atoms with Crippen LogP contribution in [-0.4, -0.2) is 26.8 Å². The van der Waals surface area contributed by atoms with E-state index in [-0.39, 0.29) is 6.42 Å². The van der Waals surface area contributed by atoms with Crippen LogP contribution in [0.2, 0.25) is 0 Å². The van der Waals surface area contributed by atoms with E-state index in [2.05, 4.69) is 9.97 Å². The Morgan fingerprint density at radius 2 is 2.32 bits per heavy atom. The van der Waals surface area contributed by atoms with Crippen LogP contribution < -0.4 is 0 Å². The zero-order valence-electron chi connectivity index (χ0n) is 10.5. The molecule has 0 saturated heterocycles. The maximum Gasteiger partial charge on any atom is 0.308 e. The minimum Gasteiger partial charge on any atom is -0.481 e. The lowest BCUT2D eigenvalue weighted by Crippen LogP contribution is -1.99. The number of thiazole rings is 1. The number of hydrogen-bond acceptors (Lipinski definition) is 5. The van der Waals surface area contributed by atoms with Crippen molar-refractivity contribution in [3.05, 3.63) is 40.7 Å². The summed E-state index contributed by atoms with van der Waals surface area (Å²) >= 11 is 3.13. The molecule has 0 aromatic carbocycles. The molecule has 0 fully saturated rings. The molecule has 0 atom stereocenters. The topological polar surface area (TPSA) is 63.1 Å². The van der Waals surface area contributed by atoms with Crippen molar-refractivity contribution in [1.82, 2.24) is 9.97 Å². The zero-order chi connectivity index (χ0) is 13.7. The van der Waals surface area contributed by atoms with Gasteiger partial charge in [-0.25, -0.2) is 4.98 Å². The summed E-state index contributed by atoms with van der Waals surface area (Å²) in [6, 6.07) is 5.88. The van der Waals surface area contributed by atoms with Gasteiger partial charge in [-0.3, -0.25) is 9.78 Å². The van der Waals surface area contributed by atoms with E-state index in [0.29, 0.717) is 0 Å². The van der Waals surface area contributed by atoms with Gasteiger partial charge in [-0.05, 0) is 25.5 Å². The number of thioether (sulfide) groups is 1. The van der Waals surface area contributed by atoms with Crippen LogP contribution in [0.3, 0.4) is 0 Å². The molecule has 0 amide bonds. The molecule has 0 spiro atoms. The summed E-state index contributed by atoms with van der Waals surface area (Å²) in [5.41, 5.74) is 1.89. The van der Waals surface area contributed by atoms with Gasteiger partial charge < -0.3 is 5.11 Å². The van der Waals surface area contributed by atoms with Gasteiger partial charge in [0.25, 0.3) is 0 Å². The molecule has 0 aliphatic rings. The van der Waals surface area contributed by atoms with E-state index in [1.807, 2.05) is 25.1 Å². The summed E-state index contributed by atoms with van der Waals surface area (Å²) in [6.45, 7) is 1.86. The van der Waals surface area contributed by atoms with E-state index >= 15 is 0 Å². The molecule has 0 saturated carbocycles. The first-order chi connectivity index (χ1) is 9.15. The zero-order valence-corrected chi connectivity index (χ0v) is 12.1. The van der Waals surface area contributed by atoms with Crippen molar-refractivity contribution in [2.75, 3.05) is 5.75 Å². The Labute approximate surface area is 119 Å². The van der Waals surface area contributed by atoms with E-state index in [4.69, 9.17) is 5.11 Å². The third-order valence-electron chi connectivity index (χ3n) is 2.49. The van der Waals surface area contributed by atoms with Gasteiger partial charge in [0.1, 0.15) is 4.34 Å². The highest BCUT2D eigenvalue weighted by Gasteiger charge is 2.11. The van der Waals surface area contributed by atoms with Crippen molar-refractivity contribution in [3.63, 3.8) is 0 Å². The lowest BCUT2D eigenvalue weighted by molar-refractivity contribution is -0.136. The Bertz CT molecular complexity index is 555. The van der Waals surface area contributed by atoms with E-state index in [1.165, 1.54) is 11.3 Å². The SMILES string of the molecule is Cc1nc(SCCc2ccccn2)sc1CC(=O)O. The van der Waals surface area contributed by atoms with Crippen LogP contribution in [0.1, 0.15) is 16.3 Å². The normalized spacial score (nSPS) is 10.6. The molecule has 0 unspecified atom stereocenters. The monoisotopic (exact) mass is 294 g/mol. The van der Waals surface area contributed by atoms with Gasteiger partial charge in [0, 0.05) is 22.5 Å². The Kier molecular flexibility index (Phi) is 4.93. The molecule has 2 aromatic rings. The van der Waals surface area contributed by atoms with Crippen molar-refractivity contribution in [1.29, 1.82) is 0 Å². The molecule has 0 aliphatic heterocycles. The number of rotatable bonds is 6. The Morgan fingerprint density at radius 3 is 3.00 bits per heavy atom. The van der Waals surface area contributed by atoms with Gasteiger partial charge in [0.15, 0.2) is 0 Å². The maximum absolute atomic E-state index is 10.7. The number of aliphatic carboxylic acids is 1. The number of carboxylic acid groups (broad SMARTS) is 1. The molecule has 6 heteroatoms. The second-order valence-electron chi connectivity index (χ2n) is 3.98. The van der Waals surface area contributed by atoms with Crippen LogP contribution in [0.25, 0.3) is 0 Å². The van der Waals surface area contributed by atoms with Crippen molar-refractivity contribution in [3.8, 4) is 0 Å². The average molecular weight is 294 g/mol. The largest absolute Gasteiger partial charge is 0.481 e. The summed E-state index contributed by atoms with van der Waals surface area (Å²) in [5, 5.41) is 8.79. The molecule has 0 aliphatic carbocycles. The van der Waals surface area contributed by atoms with Gasteiger partial charge in [-0.2, -0.15) is 0 Å². The molecule has 4 nitrogen and oxygen atoms in total. The molecule has 0 bridgehead atoms. The first kappa shape index (κ1) is 14.0. The molecular weight excluding hydrogens is 280 g/mol. The van der Waals surface area contributed by atoms with E-state index in [9.17, 15) is 4.79 Å². The highest BCUT2D eigenvalue weighted by Crippen LogP contribution is 2.27. The van der Waals surface area contributed by atoms with Crippen molar-refractivity contribution in [2.45, 2.75) is 24.1 Å². The van der Waals surface area contributed by atoms with Gasteiger partial charge in [0.2, 0.25) is 0 Å². The van der Waals surface area contributed by atoms with Crippen molar-refractivity contribution >= 4 is 29.1 Å². The highest BCUT2D eigenvalue weighted by molar-refractivity contribution is 8.01. The number of aromatic nitrogens is 2. The molecule has 0 radical (unpaired) electrons. The minimum atomic E-state index is -0.809. The first-order valence-corrected chi connectivity index (χ1v) is 7.66. The number of hydrogen-bond donors (Lipinski definition) is 1. The van der Waals surface area contributed by atoms with Gasteiger partial charge in [-0.1, -0.05) is 17.8 Å². The molecular formula is C13H14N2O2S2. The smallest absolute Gasteiger partial charge is 0.308 e. The van der Waals surface area contributed by atoms with Crippen LogP contribution >= 0.6 is 23.1 Å². The predicted molar refractivity (Wildman–Crippen MR) is 76.9 cm³/mol. The van der Waals surface area contributed by atoms with Crippen molar-refractivity contribution < 1.29 is 9.90 Å². The van der Waals surface area contributed by atoms with Crippen LogP contribution in [0.15, 0.2) is 28.7 Å². The fourth-order valence-electron chi connectivity index (χ4n) is 1.55. The lowest BCUT2D eigenvalue weighted by Gasteiger charge is -1.97. The quantitative estimate of drug-likeness (QED) is 0.830. The number of nitrogens with zero attached hydrogens (tertiary/aromatic N) is 2. The van der Waals surface area contributed by atoms with Gasteiger partial charge in [-0.15, -0.1) is 11.3 Å². The maximum atomic E-state index is 10.7. The summed E-state index contributed by atoms with van der Waals surface area (Å²) < 4.78 is 0.935. The predicted octanol–water partition coefficient (Wildman–Crippen LogP) is 2.81. The third kappa shape index (κ3) is 4.33. The summed E-state index contributed by atoms with van der Waals surface area (Å²) in [6.07, 6.45) is 2.74. The number of carboxylic acids is 1. The summed E-state index contributed by atoms with van der Waals surface area (Å²) in [4.78, 5) is 20.2. The van der Waals surface area contributed by atoms with E-state index in [1.54, 1.807) is 18.0 Å². The second-order valence-corrected chi connectivity index (χ2v) is 6.40. The van der Waals surface area contributed by atoms with Gasteiger partial charge in [0.05, 0.1) is 12.1 Å². The fraction of sp³-hybridized carbons (Fsp3) is 0.308. The lowest BCUT2D eigenvalue weighted by atomic mass is 10.3. The van der Waals surface area contributed by atoms with E-state index in [0.717, 1.165) is 32.8 Å². The minimum absolute atomic E-state index is 0.0598. The number of pyridine rings is 1. The summed E-state index contributed by atoms with van der Waals surface area (Å²) in [5.74, 6) is 0.0908. The standard InChI is InChI=1S/C13H14N2O2S2/c1-9-11(8-12(16)17)19-13(15-9)18-7-5-10-4-2-3-6-14-10/h2-4,6H,5,7-8H2,1H3,(H,16,17). The third-order valence-corrected chi connectivity index (χ3v) is 4.80. The summed E-state index contributed by atoms with van der Waals surface area (Å²) in [7, 11) is 0. The molecule has 2 aromatic heterocycles. The van der Waals surface area contributed by atoms with Crippen LogP contribution in [-0.2, 0) is 17.6 Å². The first-order valence-electron chi connectivity index (χ1n) is 5.86. The fourth-order valence-corrected chi connectivity index (χ4v) is 3.81.